The smallest absolute Gasteiger partial charge is 0.258 e. The molecule has 1 amide bonds. The first-order chi connectivity index (χ1) is 20.3. The van der Waals surface area contributed by atoms with Gasteiger partial charge >= 0.3 is 0 Å². The molecule has 9 nitrogen and oxygen atoms in total. The van der Waals surface area contributed by atoms with E-state index >= 15 is 0 Å². The minimum Gasteiger partial charge on any atom is -0.490 e. The topological polar surface area (TPSA) is 114 Å². The van der Waals surface area contributed by atoms with Gasteiger partial charge in [-0.05, 0) is 87.1 Å². The molecule has 1 aliphatic rings. The molecule has 0 bridgehead atoms. The van der Waals surface area contributed by atoms with Gasteiger partial charge in [0.1, 0.15) is 11.8 Å². The van der Waals surface area contributed by atoms with Gasteiger partial charge in [-0.1, -0.05) is 38.1 Å². The molecule has 43 heavy (non-hydrogen) atoms. The molecule has 0 spiro atoms. The third kappa shape index (κ3) is 8.31. The van der Waals surface area contributed by atoms with E-state index in [-0.39, 0.29) is 23.2 Å². The third-order valence-corrected chi connectivity index (χ3v) is 12.9. The molecular weight excluding hydrogens is 558 g/mol. The van der Waals surface area contributed by atoms with E-state index in [1.807, 2.05) is 32.9 Å². The van der Waals surface area contributed by atoms with E-state index < -0.39 is 8.32 Å². The number of hydrogen-bond donors (Lipinski definition) is 1. The number of carbonyl (C=O) groups excluding carboxylic acids is 1. The van der Waals surface area contributed by atoms with E-state index in [2.05, 4.69) is 72.4 Å². The van der Waals surface area contributed by atoms with Gasteiger partial charge < -0.3 is 19.0 Å². The number of aromatic nitrogens is 2. The lowest BCUT2D eigenvalue weighted by molar-refractivity contribution is -0.122. The summed E-state index contributed by atoms with van der Waals surface area (Å²) in [6, 6.07) is 13.7. The van der Waals surface area contributed by atoms with Crippen LogP contribution in [0.2, 0.25) is 18.1 Å². The van der Waals surface area contributed by atoms with Crippen LogP contribution < -0.4 is 10.1 Å². The first-order valence-corrected chi connectivity index (χ1v) is 18.0. The molecule has 4 rings (SSSR count). The molecule has 1 aliphatic heterocycles. The first kappa shape index (κ1) is 32.4. The number of benzene rings is 2. The summed E-state index contributed by atoms with van der Waals surface area (Å²) in [6.45, 7) is 19.5. The lowest BCUT2D eigenvalue weighted by Gasteiger charge is -2.38. The monoisotopic (exact) mass is 603 g/mol. The molecule has 1 N–H and O–H groups in total. The first-order valence-electron chi connectivity index (χ1n) is 15.1. The fraction of sp³-hybridized carbons (Fsp3) is 0.515. The zero-order chi connectivity index (χ0) is 31.4. The predicted molar refractivity (Wildman–Crippen MR) is 170 cm³/mol. The molecular formula is C33H45N5O4Si. The van der Waals surface area contributed by atoms with Crippen LogP contribution in [-0.2, 0) is 22.1 Å². The normalized spacial score (nSPS) is 15.0. The van der Waals surface area contributed by atoms with Crippen molar-refractivity contribution in [2.24, 2.45) is 0 Å². The van der Waals surface area contributed by atoms with Crippen LogP contribution in [0.15, 0.2) is 40.9 Å². The molecule has 1 unspecified atom stereocenters. The van der Waals surface area contributed by atoms with E-state index in [4.69, 9.17) is 13.7 Å². The Morgan fingerprint density at radius 2 is 1.79 bits per heavy atom. The predicted octanol–water partition coefficient (Wildman–Crippen LogP) is 5.99. The highest BCUT2D eigenvalue weighted by molar-refractivity contribution is 6.74. The number of rotatable bonds is 10. The van der Waals surface area contributed by atoms with Gasteiger partial charge in [-0.15, -0.1) is 0 Å². The summed E-state index contributed by atoms with van der Waals surface area (Å²) in [4.78, 5) is 19.6. The molecule has 3 aromatic rings. The number of fused-ring (bicyclic) bond motifs is 1. The van der Waals surface area contributed by atoms with Crippen LogP contribution >= 0.6 is 0 Å². The molecule has 0 saturated heterocycles. The maximum Gasteiger partial charge on any atom is 0.258 e. The number of nitrogens with zero attached hydrogens (tertiary/aromatic N) is 4. The highest BCUT2D eigenvalue weighted by Gasteiger charge is 2.38. The minimum absolute atomic E-state index is 0.0195. The number of carbonyl (C=O) groups is 1. The second-order valence-corrected chi connectivity index (χ2v) is 17.9. The highest BCUT2D eigenvalue weighted by Crippen LogP contribution is 2.37. The minimum atomic E-state index is -1.87. The van der Waals surface area contributed by atoms with Crippen LogP contribution in [0.1, 0.15) is 58.2 Å². The Hall–Kier alpha value is -3.52. The maximum atomic E-state index is 12.8. The van der Waals surface area contributed by atoms with E-state index in [0.29, 0.717) is 41.7 Å². The number of nitrogens with one attached hydrogen (secondary N) is 1. The average Bonchev–Trinajstić information content (AvgIpc) is 3.34. The molecule has 1 atom stereocenters. The fourth-order valence-electron chi connectivity index (χ4n) is 4.87. The molecule has 0 aliphatic carbocycles. The van der Waals surface area contributed by atoms with Gasteiger partial charge in [0.05, 0.1) is 24.3 Å². The van der Waals surface area contributed by atoms with Crippen LogP contribution in [0, 0.1) is 11.3 Å². The molecule has 2 aromatic carbocycles. The van der Waals surface area contributed by atoms with Crippen molar-refractivity contribution >= 4 is 14.2 Å². The Morgan fingerprint density at radius 1 is 1.09 bits per heavy atom. The largest absolute Gasteiger partial charge is 0.490 e. The lowest BCUT2D eigenvalue weighted by Crippen LogP contribution is -2.47. The zero-order valence-corrected chi connectivity index (χ0v) is 27.8. The molecule has 0 fully saturated rings. The van der Waals surface area contributed by atoms with Crippen LogP contribution in [0.5, 0.6) is 5.75 Å². The Morgan fingerprint density at radius 3 is 2.47 bits per heavy atom. The maximum absolute atomic E-state index is 12.8. The Labute approximate surface area is 256 Å². The van der Waals surface area contributed by atoms with Gasteiger partial charge in [0.15, 0.2) is 8.32 Å². The second-order valence-electron chi connectivity index (χ2n) is 13.2. The molecule has 0 saturated carbocycles. The van der Waals surface area contributed by atoms with E-state index in [1.54, 1.807) is 12.1 Å². The average molecular weight is 604 g/mol. The quantitative estimate of drug-likeness (QED) is 0.281. The standard InChI is InChI=1S/C33H45N5O4Si/c1-22(2)40-29-12-11-27(18-28(29)19-34)32-36-31(37-41-32)26-10-9-24-13-15-38(16-14-25(24)17-26)21-30(39)35-20-23(3)42-43(7,8)33(4,5)6/h9-12,17-18,22-23H,13-16,20-21H2,1-8H3,(H,35,39). The van der Waals surface area contributed by atoms with Crippen molar-refractivity contribution < 1.29 is 18.5 Å². The summed E-state index contributed by atoms with van der Waals surface area (Å²) < 4.78 is 17.7. The molecule has 0 radical (unpaired) electrons. The summed E-state index contributed by atoms with van der Waals surface area (Å²) >= 11 is 0. The van der Waals surface area contributed by atoms with Gasteiger partial charge in [-0.25, -0.2) is 0 Å². The fourth-order valence-corrected chi connectivity index (χ4v) is 6.31. The summed E-state index contributed by atoms with van der Waals surface area (Å²) in [5, 5.41) is 17.0. The van der Waals surface area contributed by atoms with Crippen LogP contribution in [0.4, 0.5) is 0 Å². The van der Waals surface area contributed by atoms with Crippen molar-refractivity contribution in [3.8, 4) is 34.7 Å². The number of nitriles is 1. The third-order valence-electron chi connectivity index (χ3n) is 8.25. The Kier molecular flexibility index (Phi) is 10.1. The van der Waals surface area contributed by atoms with Crippen molar-refractivity contribution in [2.75, 3.05) is 26.2 Å². The Balaban J connectivity index is 1.35. The summed E-state index contributed by atoms with van der Waals surface area (Å²) in [7, 11) is -1.87. The highest BCUT2D eigenvalue weighted by atomic mass is 28.4. The van der Waals surface area contributed by atoms with Gasteiger partial charge in [0.25, 0.3) is 5.89 Å². The molecule has 10 heteroatoms. The van der Waals surface area contributed by atoms with Crippen molar-refractivity contribution in [3.63, 3.8) is 0 Å². The SMILES string of the molecule is CC(C)Oc1ccc(-c2nc(-c3ccc4c(c3)CCN(CC(=O)NCC(C)O[Si](C)(C)C(C)(C)C)CC4)no2)cc1C#N. The van der Waals surface area contributed by atoms with Gasteiger partial charge in [-0.3, -0.25) is 9.69 Å². The van der Waals surface area contributed by atoms with E-state index in [1.165, 1.54) is 11.1 Å². The summed E-state index contributed by atoms with van der Waals surface area (Å²) in [5.41, 5.74) is 4.45. The zero-order valence-electron chi connectivity index (χ0n) is 26.8. The van der Waals surface area contributed by atoms with Crippen LogP contribution in [-0.4, -0.2) is 67.7 Å². The Bertz CT molecular complexity index is 1470. The summed E-state index contributed by atoms with van der Waals surface area (Å²) in [6.07, 6.45) is 1.64. The molecule has 230 valence electrons. The van der Waals surface area contributed by atoms with E-state index in [0.717, 1.165) is 31.5 Å². The number of ether oxygens (including phenoxy) is 1. The van der Waals surface area contributed by atoms with Gasteiger partial charge in [0.2, 0.25) is 11.7 Å². The van der Waals surface area contributed by atoms with Crippen LogP contribution in [0.25, 0.3) is 22.8 Å². The second kappa shape index (κ2) is 13.4. The van der Waals surface area contributed by atoms with Crippen molar-refractivity contribution in [1.82, 2.24) is 20.4 Å². The number of amides is 1. The number of hydrogen-bond acceptors (Lipinski definition) is 8. The molecule has 1 aromatic heterocycles. The van der Waals surface area contributed by atoms with Crippen molar-refractivity contribution in [2.45, 2.75) is 84.7 Å². The molecule has 2 heterocycles. The van der Waals surface area contributed by atoms with Crippen molar-refractivity contribution in [1.29, 1.82) is 5.26 Å². The lowest BCUT2D eigenvalue weighted by atomic mass is 10.00. The van der Waals surface area contributed by atoms with Gasteiger partial charge in [0, 0.05) is 30.8 Å². The van der Waals surface area contributed by atoms with Crippen LogP contribution in [0.3, 0.4) is 0 Å². The van der Waals surface area contributed by atoms with Crippen molar-refractivity contribution in [3.05, 3.63) is 53.1 Å². The van der Waals surface area contributed by atoms with E-state index in [9.17, 15) is 10.1 Å². The van der Waals surface area contributed by atoms with Gasteiger partial charge in [-0.2, -0.15) is 10.2 Å². The summed E-state index contributed by atoms with van der Waals surface area (Å²) in [5.74, 6) is 1.40.